The number of thioether (sulfide) groups is 1. The summed E-state index contributed by atoms with van der Waals surface area (Å²) >= 11 is 1.44. The molecule has 0 bridgehead atoms. The molecule has 17 heavy (non-hydrogen) atoms. The van der Waals surface area contributed by atoms with Gasteiger partial charge in [-0.3, -0.25) is 5.32 Å². The third-order valence-corrected chi connectivity index (χ3v) is 3.27. The summed E-state index contributed by atoms with van der Waals surface area (Å²) in [4.78, 5) is 4.50. The van der Waals surface area contributed by atoms with Gasteiger partial charge in [0.1, 0.15) is 0 Å². The minimum absolute atomic E-state index is 0.638. The second-order valence-electron chi connectivity index (χ2n) is 3.70. The topological polar surface area (TPSA) is 60.2 Å². The predicted molar refractivity (Wildman–Crippen MR) is 71.2 cm³/mol. The zero-order valence-corrected chi connectivity index (χ0v) is 10.5. The molecule has 2 rings (SSSR count). The largest absolute Gasteiger partial charge is 0.312 e. The summed E-state index contributed by atoms with van der Waals surface area (Å²) in [5, 5.41) is 15.2. The molecule has 0 atom stereocenters. The number of nitrogens with one attached hydrogen (secondary N) is 2. The molecule has 5 heteroatoms. The number of nitriles is 1. The third kappa shape index (κ3) is 2.78. The van der Waals surface area contributed by atoms with Crippen LogP contribution in [0.2, 0.25) is 0 Å². The first-order chi connectivity index (χ1) is 8.35. The summed E-state index contributed by atoms with van der Waals surface area (Å²) in [5.74, 6) is 0. The number of hydrogen-bond donors (Lipinski definition) is 2. The molecule has 0 unspecified atom stereocenters. The molecule has 2 N–H and O–H groups in total. The first-order valence-electron chi connectivity index (χ1n) is 5.44. The van der Waals surface area contributed by atoms with Crippen molar-refractivity contribution >= 4 is 22.6 Å². The van der Waals surface area contributed by atoms with Crippen LogP contribution in [0.15, 0.2) is 23.2 Å². The predicted octanol–water partition coefficient (Wildman–Crippen LogP) is 1.75. The third-order valence-electron chi connectivity index (χ3n) is 2.69. The lowest BCUT2D eigenvalue weighted by atomic mass is 9.99. The van der Waals surface area contributed by atoms with Crippen molar-refractivity contribution in [2.24, 2.45) is 4.99 Å². The van der Waals surface area contributed by atoms with Gasteiger partial charge in [-0.15, -0.1) is 0 Å². The van der Waals surface area contributed by atoms with E-state index >= 15 is 0 Å². The van der Waals surface area contributed by atoms with Gasteiger partial charge >= 0.3 is 0 Å². The molecular formula is C12H14N4S. The molecule has 4 nitrogen and oxygen atoms in total. The van der Waals surface area contributed by atoms with E-state index in [2.05, 4.69) is 21.7 Å². The number of aliphatic imine (C=N–C) groups is 1. The van der Waals surface area contributed by atoms with E-state index in [0.717, 1.165) is 25.2 Å². The Labute approximate surface area is 105 Å². The zero-order valence-electron chi connectivity index (χ0n) is 9.66. The van der Waals surface area contributed by atoms with Crippen LogP contribution >= 0.6 is 11.8 Å². The van der Waals surface area contributed by atoms with Gasteiger partial charge in [0.25, 0.3) is 0 Å². The molecule has 0 spiro atoms. The highest BCUT2D eigenvalue weighted by Gasteiger charge is 2.12. The Morgan fingerprint density at radius 2 is 2.47 bits per heavy atom. The summed E-state index contributed by atoms with van der Waals surface area (Å²) in [6.45, 7) is 1.89. The normalized spacial score (nSPS) is 14.9. The van der Waals surface area contributed by atoms with Gasteiger partial charge in [0.05, 0.1) is 5.69 Å². The van der Waals surface area contributed by atoms with E-state index in [4.69, 9.17) is 5.26 Å². The average Bonchev–Trinajstić information content (AvgIpc) is 2.38. The number of rotatable bonds is 1. The highest BCUT2D eigenvalue weighted by molar-refractivity contribution is 8.13. The van der Waals surface area contributed by atoms with Crippen LogP contribution in [0.1, 0.15) is 11.1 Å². The van der Waals surface area contributed by atoms with Gasteiger partial charge in [0.15, 0.2) is 11.4 Å². The summed E-state index contributed by atoms with van der Waals surface area (Å²) in [7, 11) is 0. The van der Waals surface area contributed by atoms with Gasteiger partial charge in [0, 0.05) is 6.54 Å². The fraction of sp³-hybridized carbons (Fsp3) is 0.333. The summed E-state index contributed by atoms with van der Waals surface area (Å²) in [6.07, 6.45) is 4.80. The maximum Gasteiger partial charge on any atom is 0.183 e. The Bertz CT molecular complexity index is 476. The molecule has 0 saturated carbocycles. The van der Waals surface area contributed by atoms with E-state index < -0.39 is 0 Å². The molecule has 88 valence electrons. The maximum absolute atomic E-state index is 8.62. The van der Waals surface area contributed by atoms with Crippen LogP contribution in [0.4, 0.5) is 5.69 Å². The molecule has 0 radical (unpaired) electrons. The Morgan fingerprint density at radius 3 is 3.24 bits per heavy atom. The lowest BCUT2D eigenvalue weighted by Gasteiger charge is -2.18. The van der Waals surface area contributed by atoms with Crippen molar-refractivity contribution in [1.29, 1.82) is 5.26 Å². The van der Waals surface area contributed by atoms with Crippen LogP contribution in [0.3, 0.4) is 0 Å². The SMILES string of the molecule is CSC(=Nc1cccc2c1CCNC2)NC#N. The summed E-state index contributed by atoms with van der Waals surface area (Å²) in [6, 6.07) is 6.13. The molecule has 0 aromatic heterocycles. The van der Waals surface area contributed by atoms with Crippen LogP contribution < -0.4 is 10.6 Å². The lowest BCUT2D eigenvalue weighted by Crippen LogP contribution is -2.23. The summed E-state index contributed by atoms with van der Waals surface area (Å²) in [5.41, 5.74) is 3.56. The molecule has 0 aliphatic carbocycles. The van der Waals surface area contributed by atoms with E-state index in [9.17, 15) is 0 Å². The highest BCUT2D eigenvalue weighted by Crippen LogP contribution is 2.26. The second-order valence-corrected chi connectivity index (χ2v) is 4.49. The van der Waals surface area contributed by atoms with Crippen molar-refractivity contribution in [2.75, 3.05) is 12.8 Å². The fourth-order valence-electron chi connectivity index (χ4n) is 1.90. The molecule has 1 aliphatic heterocycles. The van der Waals surface area contributed by atoms with E-state index in [-0.39, 0.29) is 0 Å². The molecule has 1 aromatic carbocycles. The van der Waals surface area contributed by atoms with Crippen molar-refractivity contribution in [2.45, 2.75) is 13.0 Å². The zero-order chi connectivity index (χ0) is 12.1. The van der Waals surface area contributed by atoms with E-state index in [1.807, 2.05) is 24.6 Å². The minimum atomic E-state index is 0.638. The molecule has 1 heterocycles. The van der Waals surface area contributed by atoms with Crippen LogP contribution in [0.5, 0.6) is 0 Å². The van der Waals surface area contributed by atoms with Crippen molar-refractivity contribution < 1.29 is 0 Å². The number of hydrogen-bond acceptors (Lipinski definition) is 4. The first kappa shape index (κ1) is 12.0. The lowest BCUT2D eigenvalue weighted by molar-refractivity contribution is 0.644. The molecule has 0 amide bonds. The van der Waals surface area contributed by atoms with Crippen molar-refractivity contribution in [3.05, 3.63) is 29.3 Å². The number of fused-ring (bicyclic) bond motifs is 1. The van der Waals surface area contributed by atoms with Crippen LogP contribution in [0.25, 0.3) is 0 Å². The Kier molecular flexibility index (Phi) is 4.02. The standard InChI is InChI=1S/C12H14N4S/c1-17-12(15-8-13)16-11-4-2-3-9-7-14-6-5-10(9)11/h2-4,14H,5-7H2,1H3,(H,15,16). The molecular weight excluding hydrogens is 232 g/mol. The Hall–Kier alpha value is -1.51. The van der Waals surface area contributed by atoms with Gasteiger partial charge in [-0.2, -0.15) is 5.26 Å². The van der Waals surface area contributed by atoms with Crippen molar-refractivity contribution in [1.82, 2.24) is 10.6 Å². The van der Waals surface area contributed by atoms with Gasteiger partial charge in [-0.25, -0.2) is 4.99 Å². The first-order valence-corrected chi connectivity index (χ1v) is 6.67. The van der Waals surface area contributed by atoms with Gasteiger partial charge in [0.2, 0.25) is 0 Å². The van der Waals surface area contributed by atoms with Gasteiger partial charge in [-0.05, 0) is 36.4 Å². The smallest absolute Gasteiger partial charge is 0.183 e. The number of benzene rings is 1. The quantitative estimate of drug-likeness (QED) is 0.343. The van der Waals surface area contributed by atoms with E-state index in [1.165, 1.54) is 22.9 Å². The monoisotopic (exact) mass is 246 g/mol. The Balaban J connectivity index is 2.35. The van der Waals surface area contributed by atoms with E-state index in [0.29, 0.717) is 5.17 Å². The maximum atomic E-state index is 8.62. The average molecular weight is 246 g/mol. The van der Waals surface area contributed by atoms with Crippen LogP contribution in [0, 0.1) is 11.5 Å². The molecule has 0 fully saturated rings. The Morgan fingerprint density at radius 1 is 1.59 bits per heavy atom. The molecule has 0 saturated heterocycles. The number of amidine groups is 1. The minimum Gasteiger partial charge on any atom is -0.312 e. The highest BCUT2D eigenvalue weighted by atomic mass is 32.2. The fourth-order valence-corrected chi connectivity index (χ4v) is 2.24. The summed E-state index contributed by atoms with van der Waals surface area (Å²) < 4.78 is 0. The van der Waals surface area contributed by atoms with Crippen molar-refractivity contribution in [3.63, 3.8) is 0 Å². The number of nitrogens with zero attached hydrogens (tertiary/aromatic N) is 2. The van der Waals surface area contributed by atoms with Crippen LogP contribution in [-0.2, 0) is 13.0 Å². The molecule has 1 aromatic rings. The van der Waals surface area contributed by atoms with E-state index in [1.54, 1.807) is 0 Å². The van der Waals surface area contributed by atoms with Gasteiger partial charge in [-0.1, -0.05) is 23.9 Å². The second kappa shape index (κ2) is 5.71. The van der Waals surface area contributed by atoms with Crippen molar-refractivity contribution in [3.8, 4) is 6.19 Å². The van der Waals surface area contributed by atoms with Crippen LogP contribution in [-0.4, -0.2) is 18.0 Å². The van der Waals surface area contributed by atoms with Gasteiger partial charge < -0.3 is 5.32 Å². The molecule has 1 aliphatic rings.